The summed E-state index contributed by atoms with van der Waals surface area (Å²) in [5.74, 6) is 0.642. The van der Waals surface area contributed by atoms with Crippen LogP contribution in [0.2, 0.25) is 0 Å². The number of nitrogens with zero attached hydrogens (tertiary/aromatic N) is 1. The van der Waals surface area contributed by atoms with Gasteiger partial charge in [0.25, 0.3) is 0 Å². The average molecular weight is 312 g/mol. The van der Waals surface area contributed by atoms with Crippen LogP contribution in [0.5, 0.6) is 0 Å². The summed E-state index contributed by atoms with van der Waals surface area (Å²) in [6.07, 6.45) is 6.27. The predicted octanol–water partition coefficient (Wildman–Crippen LogP) is 3.19. The van der Waals surface area contributed by atoms with Gasteiger partial charge in [-0.15, -0.1) is 0 Å². The third-order valence-electron chi connectivity index (χ3n) is 3.47. The fourth-order valence-corrected chi connectivity index (χ4v) is 2.14. The largest absolute Gasteiger partial charge is 0.478 e. The molecule has 1 aromatic heterocycles. The average Bonchev–Trinajstić information content (AvgIpc) is 3.25. The first kappa shape index (κ1) is 15.0. The van der Waals surface area contributed by atoms with Gasteiger partial charge in [-0.1, -0.05) is 6.08 Å². The first-order chi connectivity index (χ1) is 11.1. The van der Waals surface area contributed by atoms with Crippen LogP contribution in [0, 0.1) is 0 Å². The molecule has 0 aliphatic heterocycles. The van der Waals surface area contributed by atoms with E-state index in [1.165, 1.54) is 6.08 Å². The quantitative estimate of drug-likeness (QED) is 0.799. The number of amides is 1. The monoisotopic (exact) mass is 312 g/mol. The molecule has 1 saturated carbocycles. The lowest BCUT2D eigenvalue weighted by molar-refractivity contribution is -0.131. The highest BCUT2D eigenvalue weighted by Gasteiger charge is 2.28. The number of oxazole rings is 1. The van der Waals surface area contributed by atoms with Gasteiger partial charge < -0.3 is 14.8 Å². The van der Waals surface area contributed by atoms with Crippen LogP contribution in [0.3, 0.4) is 0 Å². The van der Waals surface area contributed by atoms with Crippen molar-refractivity contribution in [3.8, 4) is 11.3 Å². The number of carboxylic acids is 1. The minimum Gasteiger partial charge on any atom is -0.478 e. The highest BCUT2D eigenvalue weighted by Crippen LogP contribution is 2.40. The van der Waals surface area contributed by atoms with E-state index in [4.69, 9.17) is 9.52 Å². The van der Waals surface area contributed by atoms with Crippen LogP contribution < -0.4 is 5.32 Å². The van der Waals surface area contributed by atoms with Crippen molar-refractivity contribution in [1.29, 1.82) is 0 Å². The van der Waals surface area contributed by atoms with Crippen LogP contribution in [0.25, 0.3) is 11.3 Å². The number of aliphatic carboxylic acids is 1. The third-order valence-corrected chi connectivity index (χ3v) is 3.47. The fraction of sp³-hybridized carbons (Fsp3) is 0.235. The summed E-state index contributed by atoms with van der Waals surface area (Å²) in [6.45, 7) is 0. The molecule has 0 saturated heterocycles. The summed E-state index contributed by atoms with van der Waals surface area (Å²) < 4.78 is 5.73. The summed E-state index contributed by atoms with van der Waals surface area (Å²) in [7, 11) is 0. The lowest BCUT2D eigenvalue weighted by Crippen LogP contribution is -2.09. The molecule has 1 fully saturated rings. The maximum absolute atomic E-state index is 11.7. The Balaban J connectivity index is 1.60. The minimum atomic E-state index is -1.07. The zero-order valence-corrected chi connectivity index (χ0v) is 12.4. The van der Waals surface area contributed by atoms with Crippen LogP contribution in [0.4, 0.5) is 5.69 Å². The molecule has 23 heavy (non-hydrogen) atoms. The maximum Gasteiger partial charge on any atom is 0.327 e. The molecule has 0 spiro atoms. The van der Waals surface area contributed by atoms with Crippen molar-refractivity contribution >= 4 is 17.6 Å². The van der Waals surface area contributed by atoms with Crippen molar-refractivity contribution in [3.05, 3.63) is 48.5 Å². The number of nitrogens with one attached hydrogen (secondary N) is 1. The first-order valence-corrected chi connectivity index (χ1v) is 7.37. The minimum absolute atomic E-state index is 0.0148. The van der Waals surface area contributed by atoms with Crippen molar-refractivity contribution in [2.75, 3.05) is 5.32 Å². The van der Waals surface area contributed by atoms with Gasteiger partial charge in [-0.3, -0.25) is 4.79 Å². The summed E-state index contributed by atoms with van der Waals surface area (Å²) in [6, 6.07) is 7.24. The number of rotatable bonds is 6. The lowest BCUT2D eigenvalue weighted by atomic mass is 10.1. The van der Waals surface area contributed by atoms with E-state index < -0.39 is 5.97 Å². The molecule has 0 bridgehead atoms. The smallest absolute Gasteiger partial charge is 0.327 e. The lowest BCUT2D eigenvalue weighted by Gasteiger charge is -2.04. The highest BCUT2D eigenvalue weighted by molar-refractivity contribution is 5.92. The van der Waals surface area contributed by atoms with Gasteiger partial charge >= 0.3 is 5.97 Å². The Kier molecular flexibility index (Phi) is 4.23. The molecule has 2 N–H and O–H groups in total. The molecule has 6 nitrogen and oxygen atoms in total. The van der Waals surface area contributed by atoms with E-state index in [2.05, 4.69) is 10.3 Å². The molecule has 2 aromatic rings. The summed E-state index contributed by atoms with van der Waals surface area (Å²) in [5.41, 5.74) is 1.54. The zero-order chi connectivity index (χ0) is 16.2. The molecule has 3 rings (SSSR count). The van der Waals surface area contributed by atoms with Gasteiger partial charge in [-0.25, -0.2) is 9.78 Å². The van der Waals surface area contributed by atoms with Crippen molar-refractivity contribution in [1.82, 2.24) is 4.98 Å². The Bertz CT molecular complexity index is 742. The van der Waals surface area contributed by atoms with Crippen LogP contribution >= 0.6 is 0 Å². The second kappa shape index (κ2) is 6.48. The van der Waals surface area contributed by atoms with E-state index in [0.717, 1.165) is 30.4 Å². The molecule has 118 valence electrons. The van der Waals surface area contributed by atoms with Gasteiger partial charge in [0, 0.05) is 29.7 Å². The predicted molar refractivity (Wildman–Crippen MR) is 83.9 cm³/mol. The molecule has 1 heterocycles. The molecular weight excluding hydrogens is 296 g/mol. The van der Waals surface area contributed by atoms with Gasteiger partial charge in [-0.2, -0.15) is 0 Å². The van der Waals surface area contributed by atoms with E-state index in [1.807, 2.05) is 12.1 Å². The van der Waals surface area contributed by atoms with Crippen LogP contribution in [-0.4, -0.2) is 22.0 Å². The SMILES string of the molecule is O=C(O)C=CCC(=O)Nc1ccc(-c2cnc(C3CC3)o2)cc1. The summed E-state index contributed by atoms with van der Waals surface area (Å²) in [5, 5.41) is 11.2. The van der Waals surface area contributed by atoms with Crippen molar-refractivity contribution in [2.24, 2.45) is 0 Å². The van der Waals surface area contributed by atoms with E-state index >= 15 is 0 Å². The van der Waals surface area contributed by atoms with Crippen molar-refractivity contribution in [3.63, 3.8) is 0 Å². The van der Waals surface area contributed by atoms with Gasteiger partial charge in [0.1, 0.15) is 0 Å². The van der Waals surface area contributed by atoms with Gasteiger partial charge in [0.2, 0.25) is 5.91 Å². The first-order valence-electron chi connectivity index (χ1n) is 7.37. The molecular formula is C17H16N2O4. The van der Waals surface area contributed by atoms with E-state index in [9.17, 15) is 9.59 Å². The van der Waals surface area contributed by atoms with E-state index in [1.54, 1.807) is 18.3 Å². The number of anilines is 1. The number of carbonyl (C=O) groups is 2. The zero-order valence-electron chi connectivity index (χ0n) is 12.4. The molecule has 1 aliphatic rings. The number of hydrogen-bond acceptors (Lipinski definition) is 4. The number of aromatic nitrogens is 1. The van der Waals surface area contributed by atoms with Gasteiger partial charge in [-0.05, 0) is 37.1 Å². The van der Waals surface area contributed by atoms with Crippen molar-refractivity contribution < 1.29 is 19.1 Å². The molecule has 0 unspecified atom stereocenters. The standard InChI is InChI=1S/C17H16N2O4/c20-15(2-1-3-16(21)22)19-13-8-6-11(7-9-13)14-10-18-17(23-14)12-4-5-12/h1,3,6-10,12H,2,4-5H2,(H,19,20)(H,21,22). The Morgan fingerprint density at radius 3 is 2.70 bits per heavy atom. The van der Waals surface area contributed by atoms with Crippen LogP contribution in [0.15, 0.2) is 47.0 Å². The summed E-state index contributed by atoms with van der Waals surface area (Å²) in [4.78, 5) is 26.3. The van der Waals surface area contributed by atoms with Gasteiger partial charge in [0.15, 0.2) is 11.7 Å². The maximum atomic E-state index is 11.7. The second-order valence-electron chi connectivity index (χ2n) is 5.41. The van der Waals surface area contributed by atoms with Gasteiger partial charge in [0.05, 0.1) is 6.20 Å². The third kappa shape index (κ3) is 4.06. The van der Waals surface area contributed by atoms with E-state index in [-0.39, 0.29) is 12.3 Å². The van der Waals surface area contributed by atoms with E-state index in [0.29, 0.717) is 17.4 Å². The molecule has 1 amide bonds. The Morgan fingerprint density at radius 1 is 1.30 bits per heavy atom. The molecule has 0 atom stereocenters. The Hall–Kier alpha value is -2.89. The van der Waals surface area contributed by atoms with Crippen LogP contribution in [-0.2, 0) is 9.59 Å². The number of carbonyl (C=O) groups excluding carboxylic acids is 1. The summed E-state index contributed by atoms with van der Waals surface area (Å²) >= 11 is 0. The molecule has 0 radical (unpaired) electrons. The molecule has 1 aromatic carbocycles. The molecule has 6 heteroatoms. The Morgan fingerprint density at radius 2 is 2.04 bits per heavy atom. The Labute approximate surface area is 132 Å². The van der Waals surface area contributed by atoms with Crippen LogP contribution in [0.1, 0.15) is 31.1 Å². The number of hydrogen-bond donors (Lipinski definition) is 2. The number of carboxylic acid groups (broad SMARTS) is 1. The highest BCUT2D eigenvalue weighted by atomic mass is 16.4. The fourth-order valence-electron chi connectivity index (χ4n) is 2.14. The topological polar surface area (TPSA) is 92.4 Å². The molecule has 1 aliphatic carbocycles. The van der Waals surface area contributed by atoms with Crippen molar-refractivity contribution in [2.45, 2.75) is 25.2 Å². The second-order valence-corrected chi connectivity index (χ2v) is 5.41. The number of benzene rings is 1. The normalized spacial score (nSPS) is 14.1.